The molecule has 0 aliphatic carbocycles. The molecule has 0 atom stereocenters. The third-order valence-corrected chi connectivity index (χ3v) is 1.10. The number of hydrogen-bond donors (Lipinski definition) is 0. The Bertz CT molecular complexity index is 330. The first-order valence-electron chi connectivity index (χ1n) is 2.62. The Kier molecular flexibility index (Phi) is 6.31. The van der Waals surface area contributed by atoms with E-state index in [4.69, 9.17) is 26.3 Å². The first kappa shape index (κ1) is 13.9. The second-order valence-electron chi connectivity index (χ2n) is 1.68. The van der Waals surface area contributed by atoms with E-state index in [-0.39, 0.29) is 29.6 Å². The molecule has 0 aromatic carbocycles. The monoisotopic (exact) mass is 177 g/mol. The molecule has 0 radical (unpaired) electrons. The van der Waals surface area contributed by atoms with Crippen molar-refractivity contribution in [2.45, 2.75) is 0 Å². The zero-order valence-electron chi connectivity index (χ0n) is 6.74. The zero-order valence-corrected chi connectivity index (χ0v) is 8.74. The summed E-state index contributed by atoms with van der Waals surface area (Å²) in [5.41, 5.74) is -2.25. The van der Waals surface area contributed by atoms with Crippen LogP contribution in [0.4, 0.5) is 0 Å². The molecule has 6 heteroatoms. The molecule has 0 saturated carbocycles. The Balaban J connectivity index is 0. The summed E-state index contributed by atoms with van der Waals surface area (Å²) < 4.78 is 0. The second kappa shape index (κ2) is 5.91. The standard InChI is InChI=1S/C7N5.Na/c8-1-6(2-9)7(3-10,4-11)5-12;/q-1;+1. The third kappa shape index (κ3) is 2.38. The molecule has 0 aromatic heterocycles. The summed E-state index contributed by atoms with van der Waals surface area (Å²) in [7, 11) is 0. The first-order chi connectivity index (χ1) is 5.70. The normalized spacial score (nSPS) is 7.00. The SMILES string of the molecule is N#C[C-](C#N)C(C#N)(C#N)C#N.[Na+]. The van der Waals surface area contributed by atoms with Crippen molar-refractivity contribution in [2.24, 2.45) is 5.41 Å². The fourth-order valence-electron chi connectivity index (χ4n) is 0.435. The van der Waals surface area contributed by atoms with E-state index in [1.165, 1.54) is 30.3 Å². The van der Waals surface area contributed by atoms with Crippen LogP contribution >= 0.6 is 0 Å². The van der Waals surface area contributed by atoms with Gasteiger partial charge in [-0.25, -0.2) is 10.5 Å². The van der Waals surface area contributed by atoms with Gasteiger partial charge in [-0.05, 0) is 0 Å². The van der Waals surface area contributed by atoms with Crippen molar-refractivity contribution < 1.29 is 29.6 Å². The van der Waals surface area contributed by atoms with E-state index < -0.39 is 11.3 Å². The Labute approximate surface area is 97.3 Å². The van der Waals surface area contributed by atoms with Gasteiger partial charge in [0.15, 0.2) is 0 Å². The van der Waals surface area contributed by atoms with Crippen LogP contribution in [0.3, 0.4) is 0 Å². The fourth-order valence-corrected chi connectivity index (χ4v) is 0.435. The summed E-state index contributed by atoms with van der Waals surface area (Å²) in [6.45, 7) is 0. The van der Waals surface area contributed by atoms with Crippen LogP contribution in [0, 0.1) is 68.0 Å². The molecule has 0 fully saturated rings. The molecule has 0 amide bonds. The molecule has 0 aliphatic heterocycles. The van der Waals surface area contributed by atoms with Gasteiger partial charge in [-0.1, -0.05) is 12.1 Å². The third-order valence-electron chi connectivity index (χ3n) is 1.10. The van der Waals surface area contributed by atoms with Gasteiger partial charge in [0.1, 0.15) is 5.41 Å². The van der Waals surface area contributed by atoms with Crippen molar-refractivity contribution in [1.82, 2.24) is 0 Å². The topological polar surface area (TPSA) is 119 Å². The van der Waals surface area contributed by atoms with Crippen LogP contribution < -0.4 is 29.6 Å². The van der Waals surface area contributed by atoms with E-state index in [1.807, 2.05) is 0 Å². The van der Waals surface area contributed by atoms with Gasteiger partial charge >= 0.3 is 29.6 Å². The van der Waals surface area contributed by atoms with Crippen LogP contribution in [0.2, 0.25) is 0 Å². The predicted molar refractivity (Wildman–Crippen MR) is 33.7 cm³/mol. The molecule has 54 valence electrons. The molecule has 0 N–H and O–H groups in total. The van der Waals surface area contributed by atoms with Crippen LogP contribution in [-0.2, 0) is 0 Å². The first-order valence-corrected chi connectivity index (χ1v) is 2.62. The van der Waals surface area contributed by atoms with Crippen molar-refractivity contribution in [3.8, 4) is 30.3 Å². The van der Waals surface area contributed by atoms with Gasteiger partial charge in [0.25, 0.3) is 0 Å². The molecule has 13 heavy (non-hydrogen) atoms. The van der Waals surface area contributed by atoms with Gasteiger partial charge in [-0.2, -0.15) is 15.8 Å². The van der Waals surface area contributed by atoms with Crippen molar-refractivity contribution in [1.29, 1.82) is 26.3 Å². The minimum Gasteiger partial charge on any atom is -0.233 e. The van der Waals surface area contributed by atoms with E-state index in [0.29, 0.717) is 0 Å². The van der Waals surface area contributed by atoms with Gasteiger partial charge in [-0.15, -0.1) is 5.92 Å². The molecular formula is C7N5Na. The summed E-state index contributed by atoms with van der Waals surface area (Å²) in [6.07, 6.45) is 0. The molecule has 0 aliphatic rings. The quantitative estimate of drug-likeness (QED) is 0.316. The fraction of sp³-hybridized carbons (Fsp3) is 0.143. The van der Waals surface area contributed by atoms with E-state index >= 15 is 0 Å². The maximum Gasteiger partial charge on any atom is 1.00 e. The summed E-state index contributed by atoms with van der Waals surface area (Å²) in [6, 6.07) is 6.60. The van der Waals surface area contributed by atoms with E-state index in [1.54, 1.807) is 0 Å². The Morgan fingerprint density at radius 1 is 0.769 bits per heavy atom. The summed E-state index contributed by atoms with van der Waals surface area (Å²) >= 11 is 0. The number of rotatable bonds is 1. The van der Waals surface area contributed by atoms with Gasteiger partial charge < -0.3 is 0 Å². The predicted octanol–water partition coefficient (Wildman–Crippen LogP) is -2.83. The van der Waals surface area contributed by atoms with E-state index in [0.717, 1.165) is 0 Å². The number of hydrogen-bond acceptors (Lipinski definition) is 5. The van der Waals surface area contributed by atoms with E-state index in [9.17, 15) is 0 Å². The zero-order chi connectivity index (χ0) is 9.61. The molecule has 0 unspecified atom stereocenters. The Morgan fingerprint density at radius 2 is 1.08 bits per heavy atom. The van der Waals surface area contributed by atoms with Crippen molar-refractivity contribution >= 4 is 0 Å². The largest absolute Gasteiger partial charge is 1.00 e. The van der Waals surface area contributed by atoms with E-state index in [2.05, 4.69) is 0 Å². The molecule has 0 heterocycles. The van der Waals surface area contributed by atoms with Gasteiger partial charge in [-0.3, -0.25) is 0 Å². The van der Waals surface area contributed by atoms with Crippen LogP contribution in [0.1, 0.15) is 0 Å². The van der Waals surface area contributed by atoms with Crippen molar-refractivity contribution in [3.05, 3.63) is 5.92 Å². The van der Waals surface area contributed by atoms with Crippen LogP contribution in [0.5, 0.6) is 0 Å². The second-order valence-corrected chi connectivity index (χ2v) is 1.68. The van der Waals surface area contributed by atoms with Crippen molar-refractivity contribution in [3.63, 3.8) is 0 Å². The smallest absolute Gasteiger partial charge is 0.233 e. The Morgan fingerprint density at radius 3 is 1.15 bits per heavy atom. The molecule has 0 rings (SSSR count). The average Bonchev–Trinajstić information content (AvgIpc) is 2.14. The number of nitrogens with zero attached hydrogens (tertiary/aromatic N) is 5. The molecule has 0 spiro atoms. The molecule has 0 saturated heterocycles. The van der Waals surface area contributed by atoms with Crippen LogP contribution in [-0.4, -0.2) is 0 Å². The van der Waals surface area contributed by atoms with Crippen molar-refractivity contribution in [2.75, 3.05) is 0 Å². The maximum atomic E-state index is 8.39. The minimum absolute atomic E-state index is 0. The molecule has 5 nitrogen and oxygen atoms in total. The summed E-state index contributed by atoms with van der Waals surface area (Å²) in [5.74, 6) is -0.699. The maximum absolute atomic E-state index is 8.39. The Hall–Kier alpha value is -1.68. The van der Waals surface area contributed by atoms with Crippen LogP contribution in [0.15, 0.2) is 0 Å². The molecule has 0 aromatic rings. The van der Waals surface area contributed by atoms with Crippen LogP contribution in [0.25, 0.3) is 0 Å². The van der Waals surface area contributed by atoms with Gasteiger partial charge in [0, 0.05) is 0 Å². The number of nitriles is 5. The summed E-state index contributed by atoms with van der Waals surface area (Å²) in [5, 5.41) is 41.8. The average molecular weight is 177 g/mol. The molecular weight excluding hydrogens is 177 g/mol. The van der Waals surface area contributed by atoms with Gasteiger partial charge in [0.2, 0.25) is 0 Å². The van der Waals surface area contributed by atoms with Gasteiger partial charge in [0.05, 0.1) is 18.2 Å². The summed E-state index contributed by atoms with van der Waals surface area (Å²) in [4.78, 5) is 0. The molecule has 0 bridgehead atoms. The minimum atomic E-state index is -2.25.